The van der Waals surface area contributed by atoms with Crippen LogP contribution in [0.25, 0.3) is 11.0 Å². The molecule has 3 aromatic rings. The molecule has 0 spiro atoms. The smallest absolute Gasteiger partial charge is 0.408 e. The van der Waals surface area contributed by atoms with Gasteiger partial charge in [0.25, 0.3) is 0 Å². The highest BCUT2D eigenvalue weighted by atomic mass is 16.6. The molecule has 1 N–H and O–H groups in total. The SMILES string of the molecule is CCCCc1cc(=O)oc2c(C)c(OC(=O)C(CCCC)NC(=O)OCc3ccccc3)ccc12. The molecule has 7 nitrogen and oxygen atoms in total. The van der Waals surface area contributed by atoms with Crippen molar-refractivity contribution in [3.63, 3.8) is 0 Å². The van der Waals surface area contributed by atoms with Crippen molar-refractivity contribution in [2.75, 3.05) is 0 Å². The van der Waals surface area contributed by atoms with E-state index in [1.54, 1.807) is 13.0 Å². The second kappa shape index (κ2) is 12.7. The summed E-state index contributed by atoms with van der Waals surface area (Å²) < 4.78 is 16.4. The zero-order valence-electron chi connectivity index (χ0n) is 20.6. The molecule has 0 fully saturated rings. The fourth-order valence-corrected chi connectivity index (χ4v) is 3.84. The Balaban J connectivity index is 1.74. The van der Waals surface area contributed by atoms with Gasteiger partial charge in [0, 0.05) is 17.0 Å². The number of aryl methyl sites for hydroxylation is 2. The number of benzene rings is 2. The van der Waals surface area contributed by atoms with Crippen molar-refractivity contribution in [3.05, 3.63) is 75.6 Å². The molecule has 0 aliphatic heterocycles. The molecule has 3 rings (SSSR count). The first-order valence-corrected chi connectivity index (χ1v) is 12.2. The Hall–Kier alpha value is -3.61. The summed E-state index contributed by atoms with van der Waals surface area (Å²) >= 11 is 0. The largest absolute Gasteiger partial charge is 0.445 e. The number of fused-ring (bicyclic) bond motifs is 1. The van der Waals surface area contributed by atoms with Crippen LogP contribution in [0.5, 0.6) is 5.75 Å². The van der Waals surface area contributed by atoms with E-state index in [1.165, 1.54) is 6.07 Å². The van der Waals surface area contributed by atoms with Gasteiger partial charge in [-0.05, 0) is 49.4 Å². The minimum atomic E-state index is -0.865. The molecule has 1 atom stereocenters. The maximum atomic E-state index is 13.0. The summed E-state index contributed by atoms with van der Waals surface area (Å²) in [6.45, 7) is 5.95. The van der Waals surface area contributed by atoms with Gasteiger partial charge in [-0.25, -0.2) is 14.4 Å². The van der Waals surface area contributed by atoms with Crippen LogP contribution in [-0.2, 0) is 22.6 Å². The third-order valence-corrected chi connectivity index (χ3v) is 5.84. The number of esters is 1. The molecule has 35 heavy (non-hydrogen) atoms. The number of carbonyl (C=O) groups excluding carboxylic acids is 2. The average molecular weight is 480 g/mol. The topological polar surface area (TPSA) is 94.8 Å². The number of nitrogens with one attached hydrogen (secondary N) is 1. The predicted octanol–water partition coefficient (Wildman–Crippen LogP) is 5.83. The summed E-state index contributed by atoms with van der Waals surface area (Å²) in [5.74, 6) is -0.304. The van der Waals surface area contributed by atoms with Crippen LogP contribution in [0.2, 0.25) is 0 Å². The van der Waals surface area contributed by atoms with E-state index in [-0.39, 0.29) is 6.61 Å². The number of carbonyl (C=O) groups is 2. The van der Waals surface area contributed by atoms with Crippen LogP contribution in [0.15, 0.2) is 57.7 Å². The van der Waals surface area contributed by atoms with Crippen molar-refractivity contribution in [1.82, 2.24) is 5.32 Å². The van der Waals surface area contributed by atoms with Crippen molar-refractivity contribution in [1.29, 1.82) is 0 Å². The molecule has 0 saturated carbocycles. The Bertz CT molecular complexity index is 1200. The van der Waals surface area contributed by atoms with Gasteiger partial charge in [0.1, 0.15) is 24.0 Å². The van der Waals surface area contributed by atoms with Crippen molar-refractivity contribution in [2.24, 2.45) is 0 Å². The summed E-state index contributed by atoms with van der Waals surface area (Å²) in [5, 5.41) is 3.46. The number of hydrogen-bond acceptors (Lipinski definition) is 6. The molecular weight excluding hydrogens is 446 g/mol. The molecule has 0 aliphatic carbocycles. The van der Waals surface area contributed by atoms with E-state index in [0.717, 1.165) is 48.6 Å². The highest BCUT2D eigenvalue weighted by molar-refractivity contribution is 5.87. The van der Waals surface area contributed by atoms with Crippen molar-refractivity contribution >= 4 is 23.0 Å². The van der Waals surface area contributed by atoms with Gasteiger partial charge in [0.2, 0.25) is 0 Å². The van der Waals surface area contributed by atoms with E-state index in [1.807, 2.05) is 43.3 Å². The number of rotatable bonds is 11. The molecule has 186 valence electrons. The normalized spacial score (nSPS) is 11.7. The number of ether oxygens (including phenoxy) is 2. The van der Waals surface area contributed by atoms with Gasteiger partial charge in [-0.3, -0.25) is 0 Å². The van der Waals surface area contributed by atoms with Gasteiger partial charge in [0.05, 0.1) is 0 Å². The molecule has 0 bridgehead atoms. The van der Waals surface area contributed by atoms with E-state index >= 15 is 0 Å². The van der Waals surface area contributed by atoms with Crippen molar-refractivity contribution in [3.8, 4) is 5.75 Å². The van der Waals surface area contributed by atoms with Crippen molar-refractivity contribution in [2.45, 2.75) is 71.9 Å². The monoisotopic (exact) mass is 479 g/mol. The molecule has 1 heterocycles. The van der Waals surface area contributed by atoms with Gasteiger partial charge >= 0.3 is 17.7 Å². The number of alkyl carbamates (subject to hydrolysis) is 1. The number of amides is 1. The molecular formula is C28H33NO6. The van der Waals surface area contributed by atoms with E-state index in [4.69, 9.17) is 13.9 Å². The quantitative estimate of drug-likeness (QED) is 0.211. The van der Waals surface area contributed by atoms with E-state index in [0.29, 0.717) is 23.3 Å². The first kappa shape index (κ1) is 26.0. The standard InChI is InChI=1S/C28H33NO6/c1-4-6-13-21-17-25(30)35-26-19(3)24(16-15-22(21)26)34-27(31)23(14-7-5-2)29-28(32)33-18-20-11-9-8-10-12-20/h8-12,15-17,23H,4-7,13-14,18H2,1-3H3,(H,29,32). The Kier molecular flexibility index (Phi) is 9.47. The van der Waals surface area contributed by atoms with Crippen LogP contribution in [0.4, 0.5) is 4.79 Å². The van der Waals surface area contributed by atoms with Crippen LogP contribution in [0.1, 0.15) is 62.6 Å². The van der Waals surface area contributed by atoms with E-state index in [9.17, 15) is 14.4 Å². The molecule has 0 saturated heterocycles. The van der Waals surface area contributed by atoms with Crippen LogP contribution >= 0.6 is 0 Å². The minimum Gasteiger partial charge on any atom is -0.445 e. The molecule has 0 aliphatic rings. The first-order valence-electron chi connectivity index (χ1n) is 12.2. The minimum absolute atomic E-state index is 0.103. The van der Waals surface area contributed by atoms with Gasteiger partial charge < -0.3 is 19.2 Å². The maximum absolute atomic E-state index is 13.0. The lowest BCUT2D eigenvalue weighted by molar-refractivity contribution is -0.136. The Labute approximate surface area is 205 Å². The fraction of sp³-hybridized carbons (Fsp3) is 0.393. The molecule has 0 radical (unpaired) electrons. The summed E-state index contributed by atoms with van der Waals surface area (Å²) in [5.41, 5.74) is 2.31. The van der Waals surface area contributed by atoms with Gasteiger partial charge in [-0.2, -0.15) is 0 Å². The number of unbranched alkanes of at least 4 members (excludes halogenated alkanes) is 2. The average Bonchev–Trinajstić information content (AvgIpc) is 2.86. The van der Waals surface area contributed by atoms with Crippen LogP contribution in [0, 0.1) is 6.92 Å². The van der Waals surface area contributed by atoms with Gasteiger partial charge in [0.15, 0.2) is 0 Å². The Morgan fingerprint density at radius 1 is 1.03 bits per heavy atom. The van der Waals surface area contributed by atoms with E-state index in [2.05, 4.69) is 12.2 Å². The molecule has 1 unspecified atom stereocenters. The van der Waals surface area contributed by atoms with Crippen LogP contribution in [-0.4, -0.2) is 18.1 Å². The lowest BCUT2D eigenvalue weighted by atomic mass is 10.0. The third kappa shape index (κ3) is 7.18. The van der Waals surface area contributed by atoms with Crippen LogP contribution in [0.3, 0.4) is 0 Å². The fourth-order valence-electron chi connectivity index (χ4n) is 3.84. The highest BCUT2D eigenvalue weighted by Crippen LogP contribution is 2.29. The zero-order chi connectivity index (χ0) is 25.2. The molecule has 2 aromatic carbocycles. The second-order valence-electron chi connectivity index (χ2n) is 8.58. The summed E-state index contributed by atoms with van der Waals surface area (Å²) in [7, 11) is 0. The van der Waals surface area contributed by atoms with Gasteiger partial charge in [-0.15, -0.1) is 0 Å². The van der Waals surface area contributed by atoms with Gasteiger partial charge in [-0.1, -0.05) is 63.4 Å². The highest BCUT2D eigenvalue weighted by Gasteiger charge is 2.24. The zero-order valence-corrected chi connectivity index (χ0v) is 20.6. The van der Waals surface area contributed by atoms with Crippen molar-refractivity contribution < 1.29 is 23.5 Å². The second-order valence-corrected chi connectivity index (χ2v) is 8.58. The Morgan fingerprint density at radius 3 is 2.49 bits per heavy atom. The number of hydrogen-bond donors (Lipinski definition) is 1. The molecule has 7 heteroatoms. The summed E-state index contributed by atoms with van der Waals surface area (Å²) in [6, 6.07) is 13.5. The lowest BCUT2D eigenvalue weighted by Gasteiger charge is -2.18. The Morgan fingerprint density at radius 2 is 1.77 bits per heavy atom. The third-order valence-electron chi connectivity index (χ3n) is 5.84. The summed E-state index contributed by atoms with van der Waals surface area (Å²) in [4.78, 5) is 37.5. The van der Waals surface area contributed by atoms with E-state index < -0.39 is 23.7 Å². The maximum Gasteiger partial charge on any atom is 0.408 e. The van der Waals surface area contributed by atoms with Crippen LogP contribution < -0.4 is 15.7 Å². The lowest BCUT2D eigenvalue weighted by Crippen LogP contribution is -2.43. The molecule has 1 amide bonds. The predicted molar refractivity (Wildman–Crippen MR) is 135 cm³/mol. The summed E-state index contributed by atoms with van der Waals surface area (Å²) in [6.07, 6.45) is 4.05. The first-order chi connectivity index (χ1) is 16.9. The molecule has 1 aromatic heterocycles.